The van der Waals surface area contributed by atoms with E-state index >= 15 is 0 Å². The number of carbonyl (C=O) groups excluding carboxylic acids is 2. The molecule has 110 valence electrons. The molecule has 0 aliphatic heterocycles. The van der Waals surface area contributed by atoms with E-state index in [2.05, 4.69) is 0 Å². The lowest BCUT2D eigenvalue weighted by atomic mass is 9.96. The van der Waals surface area contributed by atoms with Gasteiger partial charge >= 0.3 is 11.9 Å². The molecule has 0 atom stereocenters. The van der Waals surface area contributed by atoms with Gasteiger partial charge in [0.2, 0.25) is 0 Å². The molecule has 4 nitrogen and oxygen atoms in total. The molecule has 0 unspecified atom stereocenters. The van der Waals surface area contributed by atoms with Crippen molar-refractivity contribution in [1.82, 2.24) is 0 Å². The van der Waals surface area contributed by atoms with Crippen molar-refractivity contribution in [2.45, 2.75) is 26.7 Å². The Hall–Kier alpha value is -1.98. The molecule has 0 saturated heterocycles. The second-order valence-corrected chi connectivity index (χ2v) is 4.03. The highest BCUT2D eigenvalue weighted by Crippen LogP contribution is 2.27. The van der Waals surface area contributed by atoms with Crippen LogP contribution in [0.15, 0.2) is 12.1 Å². The first-order chi connectivity index (χ1) is 9.43. The Morgan fingerprint density at radius 3 is 2.05 bits per heavy atom. The third-order valence-corrected chi connectivity index (χ3v) is 2.65. The number of hydrogen-bond donors (Lipinski definition) is 0. The fourth-order valence-electron chi connectivity index (χ4n) is 1.73. The summed E-state index contributed by atoms with van der Waals surface area (Å²) < 4.78 is 37.3. The van der Waals surface area contributed by atoms with Gasteiger partial charge in [0.25, 0.3) is 0 Å². The average molecular weight is 286 g/mol. The van der Waals surface area contributed by atoms with Crippen LogP contribution in [-0.2, 0) is 19.1 Å². The Morgan fingerprint density at radius 2 is 1.60 bits per heavy atom. The largest absolute Gasteiger partial charge is 0.465 e. The lowest BCUT2D eigenvalue weighted by Gasteiger charge is -2.16. The van der Waals surface area contributed by atoms with E-state index in [-0.39, 0.29) is 18.8 Å². The molecule has 0 spiro atoms. The molecule has 1 rings (SSSR count). The summed E-state index contributed by atoms with van der Waals surface area (Å²) >= 11 is 0. The van der Waals surface area contributed by atoms with Gasteiger partial charge in [-0.1, -0.05) is 6.07 Å². The van der Waals surface area contributed by atoms with E-state index in [1.807, 2.05) is 0 Å². The van der Waals surface area contributed by atoms with E-state index in [1.54, 1.807) is 0 Å². The zero-order valence-electron chi connectivity index (χ0n) is 11.5. The van der Waals surface area contributed by atoms with Gasteiger partial charge in [0.05, 0.1) is 13.2 Å². The summed E-state index contributed by atoms with van der Waals surface area (Å²) in [5.74, 6) is -5.76. The Kier molecular flexibility index (Phi) is 5.61. The smallest absolute Gasteiger partial charge is 0.325 e. The summed E-state index contributed by atoms with van der Waals surface area (Å²) in [6, 6.07) is 2.22. The van der Waals surface area contributed by atoms with Crippen LogP contribution in [0.3, 0.4) is 0 Å². The summed E-state index contributed by atoms with van der Waals surface area (Å²) in [7, 11) is 0. The van der Waals surface area contributed by atoms with Crippen LogP contribution >= 0.6 is 0 Å². The number of aryl methyl sites for hydroxylation is 1. The fraction of sp³-hybridized carbons (Fsp3) is 0.429. The molecule has 0 aliphatic rings. The molecule has 0 amide bonds. The molecular weight excluding hydrogens is 270 g/mol. The van der Waals surface area contributed by atoms with Crippen LogP contribution < -0.4 is 0 Å². The highest BCUT2D eigenvalue weighted by molar-refractivity contribution is 6.01. The second kappa shape index (κ2) is 6.98. The molecule has 6 heteroatoms. The van der Waals surface area contributed by atoms with Crippen LogP contribution in [0, 0.1) is 18.6 Å². The highest BCUT2D eigenvalue weighted by atomic mass is 19.1. The van der Waals surface area contributed by atoms with Gasteiger partial charge in [-0.3, -0.25) is 9.59 Å². The van der Waals surface area contributed by atoms with Crippen LogP contribution in [0.5, 0.6) is 0 Å². The zero-order valence-corrected chi connectivity index (χ0v) is 11.5. The van der Waals surface area contributed by atoms with Crippen LogP contribution in [0.4, 0.5) is 8.78 Å². The van der Waals surface area contributed by atoms with E-state index < -0.39 is 35.1 Å². The number of halogens is 2. The van der Waals surface area contributed by atoms with E-state index in [1.165, 1.54) is 26.8 Å². The van der Waals surface area contributed by atoms with E-state index in [4.69, 9.17) is 9.47 Å². The molecular formula is C14H16F2O4. The third kappa shape index (κ3) is 3.31. The van der Waals surface area contributed by atoms with Gasteiger partial charge in [0.1, 0.15) is 11.6 Å². The standard InChI is InChI=1S/C14H16F2O4/c1-4-19-13(17)11(14(18)20-5-2)10-9(15)7-6-8(3)12(10)16/h6-7,11H,4-5H2,1-3H3. The summed E-state index contributed by atoms with van der Waals surface area (Å²) in [4.78, 5) is 23.6. The van der Waals surface area contributed by atoms with Crippen molar-refractivity contribution in [2.75, 3.05) is 13.2 Å². The first kappa shape index (κ1) is 16.1. The Balaban J connectivity index is 3.34. The summed E-state index contributed by atoms with van der Waals surface area (Å²) in [5.41, 5.74) is -0.512. The lowest BCUT2D eigenvalue weighted by Crippen LogP contribution is -2.28. The first-order valence-electron chi connectivity index (χ1n) is 6.21. The Bertz CT molecular complexity index is 496. The Labute approximate surface area is 115 Å². The van der Waals surface area contributed by atoms with E-state index in [0.717, 1.165) is 6.07 Å². The molecule has 0 heterocycles. The van der Waals surface area contributed by atoms with Crippen LogP contribution in [0.1, 0.15) is 30.9 Å². The molecule has 0 N–H and O–H groups in total. The fourth-order valence-corrected chi connectivity index (χ4v) is 1.73. The topological polar surface area (TPSA) is 52.6 Å². The van der Waals surface area contributed by atoms with Crippen molar-refractivity contribution in [3.8, 4) is 0 Å². The SMILES string of the molecule is CCOC(=O)C(C(=O)OCC)c1c(F)ccc(C)c1F. The Morgan fingerprint density at radius 1 is 1.10 bits per heavy atom. The third-order valence-electron chi connectivity index (χ3n) is 2.65. The van der Waals surface area contributed by atoms with E-state index in [9.17, 15) is 18.4 Å². The molecule has 0 radical (unpaired) electrons. The monoisotopic (exact) mass is 286 g/mol. The van der Waals surface area contributed by atoms with Gasteiger partial charge in [-0.05, 0) is 32.4 Å². The average Bonchev–Trinajstić information content (AvgIpc) is 2.39. The maximum atomic E-state index is 14.1. The molecule has 0 aromatic heterocycles. The summed E-state index contributed by atoms with van der Waals surface area (Å²) in [6.45, 7) is 4.45. The van der Waals surface area contributed by atoms with Gasteiger partial charge in [0.15, 0.2) is 5.92 Å². The number of benzene rings is 1. The van der Waals surface area contributed by atoms with Gasteiger partial charge in [-0.25, -0.2) is 8.78 Å². The minimum absolute atomic E-state index is 0.0101. The molecule has 1 aromatic carbocycles. The maximum Gasteiger partial charge on any atom is 0.325 e. The van der Waals surface area contributed by atoms with Gasteiger partial charge in [-0.2, -0.15) is 0 Å². The normalized spacial score (nSPS) is 10.5. The van der Waals surface area contributed by atoms with Gasteiger partial charge in [0, 0.05) is 5.56 Å². The van der Waals surface area contributed by atoms with Crippen molar-refractivity contribution >= 4 is 11.9 Å². The number of esters is 2. The lowest BCUT2D eigenvalue weighted by molar-refractivity contribution is -0.157. The molecule has 0 bridgehead atoms. The minimum Gasteiger partial charge on any atom is -0.465 e. The molecule has 0 fully saturated rings. The van der Waals surface area contributed by atoms with Crippen molar-refractivity contribution in [1.29, 1.82) is 0 Å². The summed E-state index contributed by atoms with van der Waals surface area (Å²) in [6.07, 6.45) is 0. The highest BCUT2D eigenvalue weighted by Gasteiger charge is 2.36. The van der Waals surface area contributed by atoms with Crippen molar-refractivity contribution in [3.63, 3.8) is 0 Å². The number of ether oxygens (including phenoxy) is 2. The van der Waals surface area contributed by atoms with Gasteiger partial charge in [-0.15, -0.1) is 0 Å². The zero-order chi connectivity index (χ0) is 15.3. The quantitative estimate of drug-likeness (QED) is 0.616. The van der Waals surface area contributed by atoms with Crippen molar-refractivity contribution in [2.24, 2.45) is 0 Å². The van der Waals surface area contributed by atoms with Crippen molar-refractivity contribution < 1.29 is 27.8 Å². The van der Waals surface area contributed by atoms with Crippen molar-refractivity contribution in [3.05, 3.63) is 34.9 Å². The molecule has 20 heavy (non-hydrogen) atoms. The van der Waals surface area contributed by atoms with Gasteiger partial charge < -0.3 is 9.47 Å². The van der Waals surface area contributed by atoms with Crippen LogP contribution in [-0.4, -0.2) is 25.2 Å². The molecule has 1 aromatic rings. The molecule has 0 aliphatic carbocycles. The second-order valence-electron chi connectivity index (χ2n) is 4.03. The minimum atomic E-state index is -1.75. The maximum absolute atomic E-state index is 14.1. The first-order valence-corrected chi connectivity index (χ1v) is 6.21. The number of rotatable bonds is 5. The predicted molar refractivity (Wildman–Crippen MR) is 67.1 cm³/mol. The predicted octanol–water partition coefficient (Wildman–Crippen LogP) is 2.48. The summed E-state index contributed by atoms with van der Waals surface area (Å²) in [5, 5.41) is 0. The number of carbonyl (C=O) groups is 2. The number of hydrogen-bond acceptors (Lipinski definition) is 4. The molecule has 0 saturated carbocycles. The van der Waals surface area contributed by atoms with Crippen LogP contribution in [0.25, 0.3) is 0 Å². The van der Waals surface area contributed by atoms with Crippen LogP contribution in [0.2, 0.25) is 0 Å². The van der Waals surface area contributed by atoms with E-state index in [0.29, 0.717) is 0 Å².